The van der Waals surface area contributed by atoms with Gasteiger partial charge in [0.25, 0.3) is 0 Å². The zero-order chi connectivity index (χ0) is 15.1. The molecule has 1 aromatic carbocycles. The number of aliphatic hydroxyl groups is 1. The van der Waals surface area contributed by atoms with Crippen molar-refractivity contribution in [3.05, 3.63) is 33.9 Å². The summed E-state index contributed by atoms with van der Waals surface area (Å²) in [5, 5.41) is 19.9. The van der Waals surface area contributed by atoms with Crippen LogP contribution in [-0.2, 0) is 6.54 Å². The van der Waals surface area contributed by atoms with Crippen molar-refractivity contribution in [2.75, 3.05) is 20.3 Å². The lowest BCUT2D eigenvalue weighted by atomic mass is 10.1. The molecule has 0 atom stereocenters. The van der Waals surface area contributed by atoms with E-state index in [-0.39, 0.29) is 18.0 Å². The first-order valence-corrected chi connectivity index (χ1v) is 6.65. The highest BCUT2D eigenvalue weighted by molar-refractivity contribution is 5.48. The monoisotopic (exact) mass is 282 g/mol. The van der Waals surface area contributed by atoms with Crippen LogP contribution < -0.4 is 4.74 Å². The fraction of sp³-hybridized carbons (Fsp3) is 0.571. The fourth-order valence-electron chi connectivity index (χ4n) is 2.00. The average Bonchev–Trinajstić information content (AvgIpc) is 2.42. The number of hydrogen-bond donors (Lipinski definition) is 1. The highest BCUT2D eigenvalue weighted by atomic mass is 16.6. The van der Waals surface area contributed by atoms with Crippen LogP contribution >= 0.6 is 0 Å². The van der Waals surface area contributed by atoms with Crippen LogP contribution in [0.15, 0.2) is 18.2 Å². The molecule has 0 heterocycles. The van der Waals surface area contributed by atoms with E-state index in [1.807, 2.05) is 6.07 Å². The van der Waals surface area contributed by atoms with Crippen molar-refractivity contribution >= 4 is 5.69 Å². The van der Waals surface area contributed by atoms with E-state index in [1.165, 1.54) is 7.11 Å². The molecule has 0 aliphatic carbocycles. The Morgan fingerprint density at radius 2 is 2.15 bits per heavy atom. The summed E-state index contributed by atoms with van der Waals surface area (Å²) in [6, 6.07) is 5.31. The van der Waals surface area contributed by atoms with Crippen molar-refractivity contribution in [2.45, 2.75) is 32.9 Å². The van der Waals surface area contributed by atoms with E-state index in [1.54, 1.807) is 12.1 Å². The van der Waals surface area contributed by atoms with Gasteiger partial charge in [0.1, 0.15) is 0 Å². The molecule has 0 aliphatic rings. The van der Waals surface area contributed by atoms with Crippen LogP contribution in [0.2, 0.25) is 0 Å². The van der Waals surface area contributed by atoms with Crippen LogP contribution in [0.25, 0.3) is 0 Å². The molecule has 6 nitrogen and oxygen atoms in total. The largest absolute Gasteiger partial charge is 0.490 e. The van der Waals surface area contributed by atoms with E-state index in [9.17, 15) is 10.1 Å². The molecular formula is C14H22N2O4. The van der Waals surface area contributed by atoms with E-state index in [4.69, 9.17) is 9.84 Å². The topological polar surface area (TPSA) is 75.8 Å². The van der Waals surface area contributed by atoms with Crippen LogP contribution in [0, 0.1) is 10.1 Å². The van der Waals surface area contributed by atoms with Crippen molar-refractivity contribution in [3.8, 4) is 5.75 Å². The zero-order valence-corrected chi connectivity index (χ0v) is 12.2. The maximum absolute atomic E-state index is 11.0. The summed E-state index contributed by atoms with van der Waals surface area (Å²) in [6.45, 7) is 5.65. The molecule has 6 heteroatoms. The summed E-state index contributed by atoms with van der Waals surface area (Å²) in [6.07, 6.45) is 0.691. The second-order valence-corrected chi connectivity index (χ2v) is 4.90. The standard InChI is InChI=1S/C14H22N2O4/c1-11(2)15(7-4-8-17)10-12-5-6-14(20-3)13(9-12)16(18)19/h5-6,9,11,17H,4,7-8,10H2,1-3H3. The highest BCUT2D eigenvalue weighted by Gasteiger charge is 2.17. The Hall–Kier alpha value is -1.66. The summed E-state index contributed by atoms with van der Waals surface area (Å²) in [5.41, 5.74) is 0.847. The molecule has 0 spiro atoms. The third kappa shape index (κ3) is 4.47. The Labute approximate surface area is 119 Å². The van der Waals surface area contributed by atoms with Gasteiger partial charge in [0, 0.05) is 31.8 Å². The third-order valence-corrected chi connectivity index (χ3v) is 3.16. The number of hydrogen-bond acceptors (Lipinski definition) is 5. The molecule has 20 heavy (non-hydrogen) atoms. The van der Waals surface area contributed by atoms with Crippen molar-refractivity contribution < 1.29 is 14.8 Å². The molecule has 1 rings (SSSR count). The van der Waals surface area contributed by atoms with Crippen molar-refractivity contribution in [3.63, 3.8) is 0 Å². The van der Waals surface area contributed by atoms with Crippen LogP contribution in [0.1, 0.15) is 25.8 Å². The summed E-state index contributed by atoms with van der Waals surface area (Å²) in [5.74, 6) is 0.269. The number of nitro groups is 1. The summed E-state index contributed by atoms with van der Waals surface area (Å²) in [4.78, 5) is 12.7. The minimum absolute atomic E-state index is 0.0177. The van der Waals surface area contributed by atoms with E-state index in [0.717, 1.165) is 12.1 Å². The van der Waals surface area contributed by atoms with Gasteiger partial charge in [0.05, 0.1) is 12.0 Å². The van der Waals surface area contributed by atoms with Crippen LogP contribution in [0.5, 0.6) is 5.75 Å². The maximum Gasteiger partial charge on any atom is 0.311 e. The molecule has 0 aliphatic heterocycles. The first-order chi connectivity index (χ1) is 9.49. The predicted octanol–water partition coefficient (Wildman–Crippen LogP) is 2.20. The van der Waals surface area contributed by atoms with E-state index >= 15 is 0 Å². The minimum Gasteiger partial charge on any atom is -0.490 e. The summed E-state index contributed by atoms with van der Waals surface area (Å²) in [7, 11) is 1.42. The molecular weight excluding hydrogens is 260 g/mol. The first kappa shape index (κ1) is 16.4. The van der Waals surface area contributed by atoms with Crippen molar-refractivity contribution in [1.29, 1.82) is 0 Å². The minimum atomic E-state index is -0.435. The summed E-state index contributed by atoms with van der Waals surface area (Å²) < 4.78 is 4.99. The first-order valence-electron chi connectivity index (χ1n) is 6.65. The van der Waals surface area contributed by atoms with Gasteiger partial charge in [-0.1, -0.05) is 6.07 Å². The second-order valence-electron chi connectivity index (χ2n) is 4.90. The second kappa shape index (κ2) is 7.81. The van der Waals surface area contributed by atoms with Gasteiger partial charge in [-0.3, -0.25) is 15.0 Å². The molecule has 112 valence electrons. The van der Waals surface area contributed by atoms with Gasteiger partial charge in [-0.15, -0.1) is 0 Å². The normalized spacial score (nSPS) is 11.1. The average molecular weight is 282 g/mol. The molecule has 0 amide bonds. The molecule has 0 fully saturated rings. The number of benzene rings is 1. The molecule has 1 N–H and O–H groups in total. The lowest BCUT2D eigenvalue weighted by Gasteiger charge is -2.26. The lowest BCUT2D eigenvalue weighted by molar-refractivity contribution is -0.385. The molecule has 0 unspecified atom stereocenters. The van der Waals surface area contributed by atoms with E-state index < -0.39 is 4.92 Å². The molecule has 0 radical (unpaired) electrons. The molecule has 0 aromatic heterocycles. The molecule has 0 saturated carbocycles. The highest BCUT2D eigenvalue weighted by Crippen LogP contribution is 2.28. The Balaban J connectivity index is 2.90. The van der Waals surface area contributed by atoms with Crippen molar-refractivity contribution in [2.24, 2.45) is 0 Å². The van der Waals surface area contributed by atoms with Gasteiger partial charge in [-0.05, 0) is 31.9 Å². The summed E-state index contributed by atoms with van der Waals surface area (Å²) >= 11 is 0. The Kier molecular flexibility index (Phi) is 6.41. The number of rotatable bonds is 8. The number of nitro benzene ring substituents is 1. The zero-order valence-electron chi connectivity index (χ0n) is 12.2. The number of aliphatic hydroxyl groups excluding tert-OH is 1. The van der Waals surface area contributed by atoms with Crippen LogP contribution in [-0.4, -0.2) is 41.2 Å². The Morgan fingerprint density at radius 1 is 1.45 bits per heavy atom. The third-order valence-electron chi connectivity index (χ3n) is 3.16. The Morgan fingerprint density at radius 3 is 2.65 bits per heavy atom. The maximum atomic E-state index is 11.0. The van der Waals surface area contributed by atoms with Crippen molar-refractivity contribution in [1.82, 2.24) is 4.90 Å². The Bertz CT molecular complexity index is 449. The SMILES string of the molecule is COc1ccc(CN(CCCO)C(C)C)cc1[N+](=O)[O-]. The number of nitrogens with zero attached hydrogens (tertiary/aromatic N) is 2. The molecule has 0 saturated heterocycles. The van der Waals surface area contributed by atoms with E-state index in [0.29, 0.717) is 19.0 Å². The van der Waals surface area contributed by atoms with Gasteiger partial charge >= 0.3 is 5.69 Å². The van der Waals surface area contributed by atoms with Gasteiger partial charge in [0.15, 0.2) is 5.75 Å². The quantitative estimate of drug-likeness (QED) is 0.584. The van der Waals surface area contributed by atoms with Gasteiger partial charge in [0.2, 0.25) is 0 Å². The predicted molar refractivity (Wildman–Crippen MR) is 76.9 cm³/mol. The van der Waals surface area contributed by atoms with Crippen LogP contribution in [0.3, 0.4) is 0 Å². The molecule has 1 aromatic rings. The number of methoxy groups -OCH3 is 1. The fourth-order valence-corrected chi connectivity index (χ4v) is 2.00. The van der Waals surface area contributed by atoms with Crippen LogP contribution in [0.4, 0.5) is 5.69 Å². The van der Waals surface area contributed by atoms with Gasteiger partial charge in [-0.25, -0.2) is 0 Å². The smallest absolute Gasteiger partial charge is 0.311 e. The number of ether oxygens (including phenoxy) is 1. The van der Waals surface area contributed by atoms with E-state index in [2.05, 4.69) is 18.7 Å². The van der Waals surface area contributed by atoms with Gasteiger partial charge in [-0.2, -0.15) is 0 Å². The lowest BCUT2D eigenvalue weighted by Crippen LogP contribution is -2.31. The van der Waals surface area contributed by atoms with Gasteiger partial charge < -0.3 is 9.84 Å². The molecule has 0 bridgehead atoms.